The van der Waals surface area contributed by atoms with Crippen molar-refractivity contribution in [2.75, 3.05) is 7.11 Å². The van der Waals surface area contributed by atoms with Gasteiger partial charge >= 0.3 is 0 Å². The third-order valence-electron chi connectivity index (χ3n) is 4.39. The molecule has 3 rings (SSSR count). The summed E-state index contributed by atoms with van der Waals surface area (Å²) in [5.41, 5.74) is 2.51. The normalized spacial score (nSPS) is 11.5. The van der Waals surface area contributed by atoms with Crippen molar-refractivity contribution in [2.24, 2.45) is 0 Å². The number of carbonyl (C=O) groups is 1. The third kappa shape index (κ3) is 6.13. The Kier molecular flexibility index (Phi) is 7.42. The second kappa shape index (κ2) is 10.0. The zero-order valence-electron chi connectivity index (χ0n) is 17.6. The monoisotopic (exact) mass is 459 g/mol. The lowest BCUT2D eigenvalue weighted by Gasteiger charge is -2.13. The average Bonchev–Trinajstić information content (AvgIpc) is 3.22. The summed E-state index contributed by atoms with van der Waals surface area (Å²) in [5, 5.41) is 5.22. The van der Waals surface area contributed by atoms with E-state index < -0.39 is 10.0 Å². The molecule has 0 aliphatic heterocycles. The van der Waals surface area contributed by atoms with Gasteiger partial charge in [0.2, 0.25) is 10.0 Å². The summed E-state index contributed by atoms with van der Waals surface area (Å²) in [6.07, 6.45) is 0. The van der Waals surface area contributed by atoms with Crippen LogP contribution in [0.4, 0.5) is 0 Å². The molecule has 9 heteroatoms. The summed E-state index contributed by atoms with van der Waals surface area (Å²) in [5.74, 6) is 0.218. The molecule has 1 aromatic heterocycles. The number of aromatic nitrogens is 1. The molecule has 0 saturated heterocycles. The Morgan fingerprint density at radius 3 is 2.48 bits per heavy atom. The van der Waals surface area contributed by atoms with Crippen molar-refractivity contribution in [3.63, 3.8) is 0 Å². The predicted octanol–water partition coefficient (Wildman–Crippen LogP) is 3.58. The Hall–Kier alpha value is -2.75. The van der Waals surface area contributed by atoms with Crippen LogP contribution in [0.2, 0.25) is 0 Å². The van der Waals surface area contributed by atoms with Crippen LogP contribution in [0, 0.1) is 0 Å². The summed E-state index contributed by atoms with van der Waals surface area (Å²) in [6.45, 7) is 3.75. The van der Waals surface area contributed by atoms with Gasteiger partial charge in [0.1, 0.15) is 16.5 Å². The number of carbonyl (C=O) groups excluding carboxylic acids is 1. The zero-order valence-corrected chi connectivity index (χ0v) is 19.2. The minimum atomic E-state index is -3.47. The molecule has 1 amide bonds. The molecule has 0 bridgehead atoms. The topological polar surface area (TPSA) is 97.4 Å². The number of nitrogens with one attached hydrogen (secondary N) is 2. The van der Waals surface area contributed by atoms with E-state index in [1.54, 1.807) is 38.5 Å². The molecule has 0 atom stereocenters. The molecule has 0 aliphatic rings. The first kappa shape index (κ1) is 22.9. The minimum Gasteiger partial charge on any atom is -0.496 e. The van der Waals surface area contributed by atoms with E-state index >= 15 is 0 Å². The number of ether oxygens (including phenoxy) is 1. The number of hydrogen-bond acceptors (Lipinski definition) is 6. The fraction of sp³-hybridized carbons (Fsp3) is 0.273. The summed E-state index contributed by atoms with van der Waals surface area (Å²) in [6, 6.07) is 14.5. The van der Waals surface area contributed by atoms with Gasteiger partial charge in [-0.25, -0.2) is 18.1 Å². The van der Waals surface area contributed by atoms with Crippen LogP contribution in [0.25, 0.3) is 10.6 Å². The lowest BCUT2D eigenvalue weighted by molar-refractivity contribution is 0.0946. The van der Waals surface area contributed by atoms with E-state index in [-0.39, 0.29) is 24.2 Å². The highest BCUT2D eigenvalue weighted by atomic mass is 32.2. The van der Waals surface area contributed by atoms with Crippen molar-refractivity contribution in [2.45, 2.75) is 32.2 Å². The van der Waals surface area contributed by atoms with Crippen LogP contribution in [-0.4, -0.2) is 32.5 Å². The molecule has 0 fully saturated rings. The van der Waals surface area contributed by atoms with E-state index in [1.165, 1.54) is 11.3 Å². The zero-order chi connectivity index (χ0) is 22.4. The number of amides is 1. The van der Waals surface area contributed by atoms with Gasteiger partial charge in [-0.1, -0.05) is 36.4 Å². The number of hydrogen-bond donors (Lipinski definition) is 2. The van der Waals surface area contributed by atoms with Crippen LogP contribution in [0.1, 0.15) is 35.5 Å². The SMILES string of the molecule is COc1ccccc1-c1nc(C(=O)NCc2ccccc2CS(=O)(=O)NC(C)C)cs1. The summed E-state index contributed by atoms with van der Waals surface area (Å²) in [7, 11) is -1.87. The molecule has 0 spiro atoms. The van der Waals surface area contributed by atoms with Gasteiger partial charge in [-0.2, -0.15) is 0 Å². The Morgan fingerprint density at radius 1 is 1.10 bits per heavy atom. The maximum Gasteiger partial charge on any atom is 0.271 e. The molecule has 0 radical (unpaired) electrons. The Bertz CT molecular complexity index is 1160. The number of nitrogens with zero attached hydrogens (tertiary/aromatic N) is 1. The first-order valence-electron chi connectivity index (χ1n) is 9.73. The van der Waals surface area contributed by atoms with Gasteiger partial charge in [-0.15, -0.1) is 11.3 Å². The highest BCUT2D eigenvalue weighted by molar-refractivity contribution is 7.88. The molecule has 31 heavy (non-hydrogen) atoms. The molecule has 2 aromatic carbocycles. The van der Waals surface area contributed by atoms with E-state index in [2.05, 4.69) is 15.0 Å². The predicted molar refractivity (Wildman–Crippen MR) is 123 cm³/mol. The largest absolute Gasteiger partial charge is 0.496 e. The molecule has 164 valence electrons. The van der Waals surface area contributed by atoms with E-state index in [4.69, 9.17) is 4.74 Å². The second-order valence-electron chi connectivity index (χ2n) is 7.22. The van der Waals surface area contributed by atoms with Crippen molar-refractivity contribution in [3.8, 4) is 16.3 Å². The van der Waals surface area contributed by atoms with Gasteiger partial charge in [-0.05, 0) is 37.1 Å². The molecule has 0 saturated carbocycles. The minimum absolute atomic E-state index is 0.147. The molecule has 1 heterocycles. The summed E-state index contributed by atoms with van der Waals surface area (Å²) in [4.78, 5) is 17.1. The number of rotatable bonds is 9. The van der Waals surface area contributed by atoms with E-state index in [0.29, 0.717) is 22.0 Å². The van der Waals surface area contributed by atoms with Crippen molar-refractivity contribution < 1.29 is 17.9 Å². The number of sulfonamides is 1. The van der Waals surface area contributed by atoms with Gasteiger partial charge in [0, 0.05) is 18.0 Å². The van der Waals surface area contributed by atoms with Crippen LogP contribution in [0.3, 0.4) is 0 Å². The van der Waals surface area contributed by atoms with Gasteiger partial charge < -0.3 is 10.1 Å². The molecule has 0 aliphatic carbocycles. The van der Waals surface area contributed by atoms with Crippen molar-refractivity contribution >= 4 is 27.3 Å². The van der Waals surface area contributed by atoms with Crippen molar-refractivity contribution in [3.05, 3.63) is 70.7 Å². The standard InChI is InChI=1S/C22H25N3O4S2/c1-15(2)25-31(27,28)14-17-9-5-4-8-16(17)12-23-21(26)19-13-30-22(24-19)18-10-6-7-11-20(18)29-3/h4-11,13,15,25H,12,14H2,1-3H3,(H,23,26). The maximum absolute atomic E-state index is 12.6. The lowest BCUT2D eigenvalue weighted by Crippen LogP contribution is -2.32. The van der Waals surface area contributed by atoms with Crippen molar-refractivity contribution in [1.29, 1.82) is 0 Å². The van der Waals surface area contributed by atoms with Crippen molar-refractivity contribution in [1.82, 2.24) is 15.0 Å². The van der Waals surface area contributed by atoms with E-state index in [0.717, 1.165) is 11.1 Å². The van der Waals surface area contributed by atoms with Gasteiger partial charge in [-0.3, -0.25) is 4.79 Å². The Balaban J connectivity index is 1.70. The molecule has 2 N–H and O–H groups in total. The number of methoxy groups -OCH3 is 1. The highest BCUT2D eigenvalue weighted by Crippen LogP contribution is 2.31. The molecule has 0 unspecified atom stereocenters. The maximum atomic E-state index is 12.6. The molecular formula is C22H25N3O4S2. The van der Waals surface area contributed by atoms with Crippen LogP contribution in [0.15, 0.2) is 53.9 Å². The first-order chi connectivity index (χ1) is 14.8. The average molecular weight is 460 g/mol. The molecule has 7 nitrogen and oxygen atoms in total. The van der Waals surface area contributed by atoms with E-state index in [1.807, 2.05) is 36.4 Å². The smallest absolute Gasteiger partial charge is 0.271 e. The first-order valence-corrected chi connectivity index (χ1v) is 12.3. The second-order valence-corrected chi connectivity index (χ2v) is 9.83. The highest BCUT2D eigenvalue weighted by Gasteiger charge is 2.17. The van der Waals surface area contributed by atoms with Gasteiger partial charge in [0.05, 0.1) is 18.4 Å². The Labute approximate surface area is 186 Å². The Morgan fingerprint density at radius 2 is 1.77 bits per heavy atom. The van der Waals surface area contributed by atoms with Crippen LogP contribution >= 0.6 is 11.3 Å². The van der Waals surface area contributed by atoms with Crippen LogP contribution in [0.5, 0.6) is 5.75 Å². The lowest BCUT2D eigenvalue weighted by atomic mass is 10.1. The van der Waals surface area contributed by atoms with Crippen LogP contribution < -0.4 is 14.8 Å². The molecular weight excluding hydrogens is 434 g/mol. The third-order valence-corrected chi connectivity index (χ3v) is 6.79. The van der Waals surface area contributed by atoms with Gasteiger partial charge in [0.25, 0.3) is 5.91 Å². The molecule has 3 aromatic rings. The number of thiazole rings is 1. The van der Waals surface area contributed by atoms with Gasteiger partial charge in [0.15, 0.2) is 0 Å². The summed E-state index contributed by atoms with van der Waals surface area (Å²) >= 11 is 1.36. The fourth-order valence-electron chi connectivity index (χ4n) is 3.07. The number of benzene rings is 2. The van der Waals surface area contributed by atoms with Crippen LogP contribution in [-0.2, 0) is 22.3 Å². The number of para-hydroxylation sites is 1. The quantitative estimate of drug-likeness (QED) is 0.510. The fourth-order valence-corrected chi connectivity index (χ4v) is 5.39. The summed E-state index contributed by atoms with van der Waals surface area (Å²) < 4.78 is 32.5. The van der Waals surface area contributed by atoms with E-state index in [9.17, 15) is 13.2 Å².